The van der Waals surface area contributed by atoms with Crippen molar-refractivity contribution in [3.63, 3.8) is 0 Å². The molecule has 1 atom stereocenters. The van der Waals surface area contributed by atoms with Crippen LogP contribution in [-0.2, 0) is 16.6 Å². The van der Waals surface area contributed by atoms with Crippen LogP contribution in [0.2, 0.25) is 0 Å². The quantitative estimate of drug-likeness (QED) is 0.0982. The number of carbonyl (C=O) groups excluding carboxylic acids is 4. The smallest absolute Gasteiger partial charge is 0.260 e. The van der Waals surface area contributed by atoms with Gasteiger partial charge < -0.3 is 25.0 Å². The van der Waals surface area contributed by atoms with Crippen LogP contribution in [0, 0.1) is 0 Å². The van der Waals surface area contributed by atoms with Gasteiger partial charge in [-0.1, -0.05) is 6.07 Å². The van der Waals surface area contributed by atoms with Gasteiger partial charge in [-0.2, -0.15) is 5.10 Å². The van der Waals surface area contributed by atoms with Crippen molar-refractivity contribution in [1.29, 1.82) is 0 Å². The minimum Gasteiger partial charge on any atom is -0.507 e. The molecule has 0 saturated heterocycles. The number of Topliss-reactive ketones (excluding diaryl/α,β-unsaturated/α-hetero) is 3. The van der Waals surface area contributed by atoms with Crippen LogP contribution in [0.5, 0.6) is 17.2 Å². The molecule has 1 spiro atoms. The fourth-order valence-electron chi connectivity index (χ4n) is 6.25. The summed E-state index contributed by atoms with van der Waals surface area (Å²) in [5, 5.41) is 45.0. The normalized spacial score (nSPS) is 18.9. The number of aromatic hydroxyl groups is 3. The van der Waals surface area contributed by atoms with E-state index >= 15 is 0 Å². The highest BCUT2D eigenvalue weighted by Gasteiger charge is 2.61. The number of nitrogens with zero attached hydrogens (tertiary/aromatic N) is 4. The first-order valence-corrected chi connectivity index (χ1v) is 12.7. The Morgan fingerprint density at radius 1 is 0.977 bits per heavy atom. The third-order valence-corrected chi connectivity index (χ3v) is 8.06. The Labute approximate surface area is 238 Å². The predicted molar refractivity (Wildman–Crippen MR) is 145 cm³/mol. The number of carbonyl (C=O) groups is 4. The molecule has 7 rings (SSSR count). The largest absolute Gasteiger partial charge is 0.507 e. The number of hydrazone groups is 1. The second kappa shape index (κ2) is 8.69. The number of rotatable bonds is 4. The molecule has 0 aliphatic heterocycles. The Kier molecular flexibility index (Phi) is 5.22. The maximum atomic E-state index is 14.1. The summed E-state index contributed by atoms with van der Waals surface area (Å²) in [4.78, 5) is 69.6. The van der Waals surface area contributed by atoms with Gasteiger partial charge in [0.2, 0.25) is 5.78 Å². The van der Waals surface area contributed by atoms with Crippen LogP contribution in [0.3, 0.4) is 0 Å². The lowest BCUT2D eigenvalue weighted by atomic mass is 9.76. The molecule has 3 aliphatic carbocycles. The summed E-state index contributed by atoms with van der Waals surface area (Å²) >= 11 is 0. The minimum absolute atomic E-state index is 0.115. The van der Waals surface area contributed by atoms with Crippen LogP contribution in [0.1, 0.15) is 64.7 Å². The maximum absolute atomic E-state index is 14.1. The molecule has 15 heteroatoms. The molecular formula is C28H18N6O9. The van der Waals surface area contributed by atoms with Gasteiger partial charge in [0, 0.05) is 11.6 Å². The summed E-state index contributed by atoms with van der Waals surface area (Å²) in [6.07, 6.45) is 4.80. The first-order valence-electron chi connectivity index (χ1n) is 12.7. The number of fused-ring (bicyclic) bond motifs is 5. The lowest BCUT2D eigenvalue weighted by molar-refractivity contribution is 0.0790. The molecule has 15 nitrogen and oxygen atoms in total. The lowest BCUT2D eigenvalue weighted by Gasteiger charge is -2.22. The molecule has 3 aliphatic rings. The topological polar surface area (TPSA) is 226 Å². The number of ketones is 4. The van der Waals surface area contributed by atoms with E-state index in [4.69, 9.17) is 4.74 Å². The van der Waals surface area contributed by atoms with Crippen LogP contribution < -0.4 is 11.1 Å². The number of benzene rings is 2. The van der Waals surface area contributed by atoms with Crippen LogP contribution in [0.4, 0.5) is 0 Å². The van der Waals surface area contributed by atoms with E-state index in [1.807, 2.05) is 0 Å². The van der Waals surface area contributed by atoms with Crippen molar-refractivity contribution in [2.45, 2.75) is 18.3 Å². The van der Waals surface area contributed by atoms with Crippen molar-refractivity contribution in [2.75, 3.05) is 12.6 Å². The van der Waals surface area contributed by atoms with Crippen molar-refractivity contribution >= 4 is 40.1 Å². The van der Waals surface area contributed by atoms with Crippen molar-refractivity contribution in [3.8, 4) is 17.2 Å². The zero-order valence-corrected chi connectivity index (χ0v) is 22.0. The average Bonchev–Trinajstić information content (AvgIpc) is 3.68. The zero-order chi connectivity index (χ0) is 30.4. The van der Waals surface area contributed by atoms with E-state index < -0.39 is 79.4 Å². The van der Waals surface area contributed by atoms with Crippen LogP contribution >= 0.6 is 0 Å². The molecule has 5 N–H and O–H groups in total. The predicted octanol–water partition coefficient (Wildman–Crippen LogP) is 0.986. The van der Waals surface area contributed by atoms with Gasteiger partial charge in [-0.25, -0.2) is 10.2 Å². The molecule has 2 aromatic carbocycles. The molecule has 1 unspecified atom stereocenters. The van der Waals surface area contributed by atoms with Gasteiger partial charge in [0.15, 0.2) is 23.1 Å². The number of phenolic OH excluding ortho intramolecular Hbond substituents is 3. The summed E-state index contributed by atoms with van der Waals surface area (Å²) in [5.41, 5.74) is -2.31. The van der Waals surface area contributed by atoms with E-state index in [0.717, 1.165) is 13.2 Å². The minimum atomic E-state index is -2.12. The maximum Gasteiger partial charge on any atom is 0.260 e. The summed E-state index contributed by atoms with van der Waals surface area (Å²) < 4.78 is 6.26. The molecule has 2 heterocycles. The van der Waals surface area contributed by atoms with E-state index in [9.17, 15) is 39.3 Å². The Hall–Kier alpha value is -6.12. The van der Waals surface area contributed by atoms with Crippen molar-refractivity contribution in [3.05, 3.63) is 86.1 Å². The highest BCUT2D eigenvalue weighted by molar-refractivity contribution is 6.38. The third kappa shape index (κ3) is 3.23. The number of hydrogen-bond acceptors (Lipinski definition) is 13. The molecule has 2 aromatic heterocycles. The second-order valence-electron chi connectivity index (χ2n) is 10.2. The molecule has 43 heavy (non-hydrogen) atoms. The Morgan fingerprint density at radius 2 is 1.65 bits per heavy atom. The molecule has 214 valence electrons. The monoisotopic (exact) mass is 582 g/mol. The van der Waals surface area contributed by atoms with Crippen molar-refractivity contribution < 1.29 is 39.2 Å². The van der Waals surface area contributed by atoms with E-state index in [1.54, 1.807) is 6.07 Å². The van der Waals surface area contributed by atoms with E-state index in [1.165, 1.54) is 29.6 Å². The van der Waals surface area contributed by atoms with Gasteiger partial charge in [0.1, 0.15) is 35.3 Å². The number of nitrogens with one attached hydrogen (secondary N) is 2. The number of ether oxygens (including phenoxy) is 1. The second-order valence-corrected chi connectivity index (χ2v) is 10.2. The van der Waals surface area contributed by atoms with Crippen molar-refractivity contribution in [1.82, 2.24) is 19.9 Å². The molecule has 0 bridgehead atoms. The lowest BCUT2D eigenvalue weighted by Crippen LogP contribution is -2.36. The van der Waals surface area contributed by atoms with Gasteiger partial charge >= 0.3 is 0 Å². The number of H-pyrrole nitrogens is 1. The number of phenols is 3. The summed E-state index contributed by atoms with van der Waals surface area (Å²) in [6, 6.07) is 3.10. The van der Waals surface area contributed by atoms with Crippen LogP contribution in [0.25, 0.3) is 10.8 Å². The average molecular weight is 582 g/mol. The molecule has 0 radical (unpaired) electrons. The summed E-state index contributed by atoms with van der Waals surface area (Å²) in [6.45, 7) is 0. The standard InChI is InChI=1S/C28H18N6O9/c1-43-14-6-13(35)16-17(21(14)36)23(38)19-18(22(16)37)25(40)28(26(19)41)3-2-10-4-11-5-12(7-29-33-34-8-30-31-9-34)32-27(42)15(11)24(39)20(10)28/h4-9,33,37-39H,2-3H2,1H3,(H,32,42)/b29-7+. The number of aromatic amines is 1. The van der Waals surface area contributed by atoms with E-state index in [0.29, 0.717) is 10.9 Å². The number of allylic oxidation sites excluding steroid dienone is 2. The number of hydrogen-bond donors (Lipinski definition) is 5. The Morgan fingerprint density at radius 3 is 2.33 bits per heavy atom. The van der Waals surface area contributed by atoms with Gasteiger partial charge in [-0.3, -0.25) is 24.0 Å². The molecule has 0 fully saturated rings. The molecule has 0 saturated carbocycles. The van der Waals surface area contributed by atoms with E-state index in [2.05, 4.69) is 25.8 Å². The van der Waals surface area contributed by atoms with Gasteiger partial charge in [0.25, 0.3) is 5.56 Å². The molecule has 0 amide bonds. The highest BCUT2D eigenvalue weighted by Crippen LogP contribution is 2.57. The highest BCUT2D eigenvalue weighted by atomic mass is 16.5. The van der Waals surface area contributed by atoms with E-state index in [-0.39, 0.29) is 29.5 Å². The zero-order valence-electron chi connectivity index (χ0n) is 22.0. The first kappa shape index (κ1) is 25.8. The van der Waals surface area contributed by atoms with Crippen LogP contribution in [-0.4, -0.2) is 71.6 Å². The Bertz CT molecular complexity index is 2130. The third-order valence-electron chi connectivity index (χ3n) is 8.06. The molecular weight excluding hydrogens is 564 g/mol. The summed E-state index contributed by atoms with van der Waals surface area (Å²) in [7, 11) is 1.13. The number of pyridine rings is 1. The van der Waals surface area contributed by atoms with Gasteiger partial charge in [-0.15, -0.1) is 10.2 Å². The first-order chi connectivity index (χ1) is 20.6. The number of methoxy groups -OCH3 is 1. The fourth-order valence-corrected chi connectivity index (χ4v) is 6.25. The fraction of sp³-hybridized carbons (Fsp3) is 0.143. The number of aromatic nitrogens is 4. The van der Waals surface area contributed by atoms with Gasteiger partial charge in [-0.05, 0) is 29.9 Å². The van der Waals surface area contributed by atoms with Crippen molar-refractivity contribution in [2.24, 2.45) is 5.10 Å². The molecule has 4 aromatic rings. The Balaban J connectivity index is 1.38. The SMILES string of the molecule is COC1=CC(=O)c2c(O)c3c(c(O)c2C1=O)C(=O)C1(CCc2cc4cc(/C=N/Nn5cnnc5)[nH]c(=O)c4c(O)c21)C3=O. The van der Waals surface area contributed by atoms with Gasteiger partial charge in [0.05, 0.1) is 46.7 Å². The summed E-state index contributed by atoms with van der Waals surface area (Å²) in [5.74, 6) is -6.75. The van der Waals surface area contributed by atoms with Crippen LogP contribution in [0.15, 0.2) is 46.5 Å². The number of aryl methyl sites for hydroxylation is 1.